The largest absolute Gasteiger partial charge is 0.444 e. The third-order valence-electron chi connectivity index (χ3n) is 4.73. The minimum absolute atomic E-state index is 0.0539. The predicted octanol–water partition coefficient (Wildman–Crippen LogP) is 1.14. The highest BCUT2D eigenvalue weighted by Crippen LogP contribution is 2.20. The lowest BCUT2D eigenvalue weighted by molar-refractivity contribution is -0.125. The van der Waals surface area contributed by atoms with Crippen LogP contribution in [0.2, 0.25) is 0 Å². The van der Waals surface area contributed by atoms with Gasteiger partial charge in [-0.2, -0.15) is 0 Å². The molecule has 1 N–H and O–H groups in total. The summed E-state index contributed by atoms with van der Waals surface area (Å²) in [5.74, 6) is -0.0539. The van der Waals surface area contributed by atoms with Gasteiger partial charge in [0.05, 0.1) is 0 Å². The monoisotopic (exact) mass is 354 g/mol. The van der Waals surface area contributed by atoms with Gasteiger partial charge in [0, 0.05) is 39.3 Å². The Morgan fingerprint density at radius 2 is 1.80 bits per heavy atom. The van der Waals surface area contributed by atoms with Crippen LogP contribution in [0.1, 0.15) is 40.0 Å². The Kier molecular flexibility index (Phi) is 7.07. The molecule has 1 atom stereocenters. The van der Waals surface area contributed by atoms with E-state index in [2.05, 4.69) is 22.2 Å². The first-order valence-corrected chi connectivity index (χ1v) is 9.44. The van der Waals surface area contributed by atoms with Crippen LogP contribution in [-0.2, 0) is 9.53 Å². The average Bonchev–Trinajstić information content (AvgIpc) is 3.01. The molecule has 2 rings (SSSR count). The lowest BCUT2D eigenvalue weighted by Gasteiger charge is -2.32. The Hall–Kier alpha value is -1.34. The number of nitrogens with zero attached hydrogens (tertiary/aromatic N) is 3. The second-order valence-electron chi connectivity index (χ2n) is 8.12. The van der Waals surface area contributed by atoms with Crippen molar-refractivity contribution in [2.75, 3.05) is 52.9 Å². The van der Waals surface area contributed by atoms with Crippen molar-refractivity contribution in [2.45, 2.75) is 51.7 Å². The number of hydrogen-bond donors (Lipinski definition) is 1. The van der Waals surface area contributed by atoms with Gasteiger partial charge in [0.1, 0.15) is 11.6 Å². The van der Waals surface area contributed by atoms with Gasteiger partial charge < -0.3 is 19.9 Å². The van der Waals surface area contributed by atoms with Gasteiger partial charge in [-0.05, 0) is 53.6 Å². The van der Waals surface area contributed by atoms with E-state index in [0.29, 0.717) is 19.5 Å². The number of likely N-dealkylation sites (tertiary alicyclic amines) is 1. The van der Waals surface area contributed by atoms with E-state index in [0.717, 1.165) is 45.6 Å². The molecule has 0 spiro atoms. The van der Waals surface area contributed by atoms with Crippen molar-refractivity contribution < 1.29 is 14.3 Å². The molecular weight excluding hydrogens is 320 g/mol. The molecule has 2 aliphatic rings. The molecule has 7 nitrogen and oxygen atoms in total. The molecule has 2 aliphatic heterocycles. The van der Waals surface area contributed by atoms with E-state index in [1.807, 2.05) is 20.8 Å². The standard InChI is InChI=1S/C18H34N4O3/c1-18(2,3)25-17(24)22-10-5-7-15(22)16(23)19-8-6-9-21-13-11-20(4)12-14-21/h15H,5-14H2,1-4H3,(H,19,23)/t15-/m0/s1. The Morgan fingerprint density at radius 3 is 2.44 bits per heavy atom. The Balaban J connectivity index is 1.69. The molecule has 0 aromatic heterocycles. The summed E-state index contributed by atoms with van der Waals surface area (Å²) < 4.78 is 5.41. The van der Waals surface area contributed by atoms with E-state index in [1.165, 1.54) is 0 Å². The molecule has 0 radical (unpaired) electrons. The van der Waals surface area contributed by atoms with Crippen molar-refractivity contribution in [1.82, 2.24) is 20.0 Å². The fourth-order valence-corrected chi connectivity index (χ4v) is 3.28. The van der Waals surface area contributed by atoms with Gasteiger partial charge in [0.15, 0.2) is 0 Å². The normalized spacial score (nSPS) is 22.9. The van der Waals surface area contributed by atoms with Gasteiger partial charge >= 0.3 is 6.09 Å². The second kappa shape index (κ2) is 8.85. The maximum absolute atomic E-state index is 12.4. The van der Waals surface area contributed by atoms with Crippen LogP contribution in [0.3, 0.4) is 0 Å². The lowest BCUT2D eigenvalue weighted by atomic mass is 10.2. The summed E-state index contributed by atoms with van der Waals surface area (Å²) in [4.78, 5) is 31.0. The minimum Gasteiger partial charge on any atom is -0.444 e. The van der Waals surface area contributed by atoms with Crippen molar-refractivity contribution in [2.24, 2.45) is 0 Å². The van der Waals surface area contributed by atoms with Crippen LogP contribution in [-0.4, -0.2) is 91.2 Å². The number of carbonyl (C=O) groups is 2. The van der Waals surface area contributed by atoms with Gasteiger partial charge in [-0.15, -0.1) is 0 Å². The van der Waals surface area contributed by atoms with E-state index >= 15 is 0 Å². The number of hydrogen-bond acceptors (Lipinski definition) is 5. The molecule has 2 saturated heterocycles. The highest BCUT2D eigenvalue weighted by atomic mass is 16.6. The molecule has 0 saturated carbocycles. The summed E-state index contributed by atoms with van der Waals surface area (Å²) in [7, 11) is 2.15. The molecule has 25 heavy (non-hydrogen) atoms. The topological polar surface area (TPSA) is 65.1 Å². The Labute approximate surface area is 151 Å². The number of carbonyl (C=O) groups excluding carboxylic acids is 2. The third kappa shape index (κ3) is 6.47. The molecule has 0 unspecified atom stereocenters. The van der Waals surface area contributed by atoms with Crippen LogP contribution in [0, 0.1) is 0 Å². The summed E-state index contributed by atoms with van der Waals surface area (Å²) in [6.07, 6.45) is 2.11. The maximum Gasteiger partial charge on any atom is 0.410 e. The summed E-state index contributed by atoms with van der Waals surface area (Å²) in [6, 6.07) is -0.390. The van der Waals surface area contributed by atoms with E-state index in [9.17, 15) is 9.59 Å². The number of amides is 2. The first kappa shape index (κ1) is 20.0. The number of rotatable bonds is 5. The van der Waals surface area contributed by atoms with Crippen LogP contribution < -0.4 is 5.32 Å². The highest BCUT2D eigenvalue weighted by molar-refractivity contribution is 5.86. The lowest BCUT2D eigenvalue weighted by Crippen LogP contribution is -2.48. The van der Waals surface area contributed by atoms with Crippen molar-refractivity contribution in [3.05, 3.63) is 0 Å². The fraction of sp³-hybridized carbons (Fsp3) is 0.889. The smallest absolute Gasteiger partial charge is 0.410 e. The first-order chi connectivity index (χ1) is 11.8. The van der Waals surface area contributed by atoms with Gasteiger partial charge in [-0.3, -0.25) is 9.69 Å². The van der Waals surface area contributed by atoms with Crippen LogP contribution in [0.25, 0.3) is 0 Å². The van der Waals surface area contributed by atoms with Crippen LogP contribution >= 0.6 is 0 Å². The average molecular weight is 354 g/mol. The van der Waals surface area contributed by atoms with E-state index in [1.54, 1.807) is 4.90 Å². The summed E-state index contributed by atoms with van der Waals surface area (Å²) in [5.41, 5.74) is -0.538. The maximum atomic E-state index is 12.4. The predicted molar refractivity (Wildman–Crippen MR) is 97.5 cm³/mol. The van der Waals surface area contributed by atoms with Crippen LogP contribution in [0.4, 0.5) is 4.79 Å². The Morgan fingerprint density at radius 1 is 1.12 bits per heavy atom. The SMILES string of the molecule is CN1CCN(CCCNC(=O)[C@@H]2CCCN2C(=O)OC(C)(C)C)CC1. The van der Waals surface area contributed by atoms with Crippen molar-refractivity contribution in [3.63, 3.8) is 0 Å². The molecule has 7 heteroatoms. The zero-order valence-corrected chi connectivity index (χ0v) is 16.2. The number of nitrogens with one attached hydrogen (secondary N) is 1. The number of likely N-dealkylation sites (N-methyl/N-ethyl adjacent to an activating group) is 1. The van der Waals surface area contributed by atoms with Crippen molar-refractivity contribution in [3.8, 4) is 0 Å². The van der Waals surface area contributed by atoms with Crippen LogP contribution in [0.5, 0.6) is 0 Å². The minimum atomic E-state index is -0.538. The quantitative estimate of drug-likeness (QED) is 0.750. The number of ether oxygens (including phenoxy) is 1. The summed E-state index contributed by atoms with van der Waals surface area (Å²) in [6.45, 7) is 12.2. The zero-order chi connectivity index (χ0) is 18.4. The molecule has 144 valence electrons. The second-order valence-corrected chi connectivity index (χ2v) is 8.12. The van der Waals surface area contributed by atoms with Crippen molar-refractivity contribution in [1.29, 1.82) is 0 Å². The van der Waals surface area contributed by atoms with E-state index in [-0.39, 0.29) is 12.0 Å². The molecule has 0 aromatic carbocycles. The van der Waals surface area contributed by atoms with Gasteiger partial charge in [0.25, 0.3) is 0 Å². The summed E-state index contributed by atoms with van der Waals surface area (Å²) in [5, 5.41) is 3.00. The van der Waals surface area contributed by atoms with Gasteiger partial charge in [-0.25, -0.2) is 4.79 Å². The van der Waals surface area contributed by atoms with Crippen LogP contribution in [0.15, 0.2) is 0 Å². The zero-order valence-electron chi connectivity index (χ0n) is 16.2. The highest BCUT2D eigenvalue weighted by Gasteiger charge is 2.36. The molecule has 0 bridgehead atoms. The number of piperazine rings is 1. The molecule has 2 amide bonds. The molecule has 0 aromatic rings. The molecule has 2 fully saturated rings. The van der Waals surface area contributed by atoms with E-state index < -0.39 is 11.6 Å². The molecule has 0 aliphatic carbocycles. The van der Waals surface area contributed by atoms with Gasteiger partial charge in [0.2, 0.25) is 5.91 Å². The van der Waals surface area contributed by atoms with Crippen molar-refractivity contribution >= 4 is 12.0 Å². The first-order valence-electron chi connectivity index (χ1n) is 9.44. The summed E-state index contributed by atoms with van der Waals surface area (Å²) >= 11 is 0. The fourth-order valence-electron chi connectivity index (χ4n) is 3.28. The molecule has 2 heterocycles. The van der Waals surface area contributed by atoms with Gasteiger partial charge in [-0.1, -0.05) is 0 Å². The third-order valence-corrected chi connectivity index (χ3v) is 4.73. The molecular formula is C18H34N4O3. The van der Waals surface area contributed by atoms with E-state index in [4.69, 9.17) is 4.74 Å². The Bertz CT molecular complexity index is 456.